The number of alkyl halides is 1. The maximum Gasteiger partial charge on any atom is 0.508 e. The van der Waals surface area contributed by atoms with Gasteiger partial charge in [-0.05, 0) is 31.5 Å². The molecule has 0 aliphatic carbocycles. The van der Waals surface area contributed by atoms with Gasteiger partial charge in [-0.15, -0.1) is 0 Å². The van der Waals surface area contributed by atoms with Crippen molar-refractivity contribution in [2.45, 2.75) is 50.5 Å². The minimum atomic E-state index is -4.16. The monoisotopic (exact) mass is 562 g/mol. The third-order valence-electron chi connectivity index (χ3n) is 5.77. The third kappa shape index (κ3) is 6.14. The number of ether oxygens (including phenoxy) is 3. The molecule has 2 aromatic rings. The van der Waals surface area contributed by atoms with Gasteiger partial charge in [0, 0.05) is 23.7 Å². The van der Waals surface area contributed by atoms with Gasteiger partial charge in [0.05, 0.1) is 25.9 Å². The summed E-state index contributed by atoms with van der Waals surface area (Å²) in [6, 6.07) is 7.80. The molecule has 6 atom stereocenters. The van der Waals surface area contributed by atoms with Crippen molar-refractivity contribution in [3.05, 3.63) is 68.0 Å². The molecule has 15 heteroatoms. The van der Waals surface area contributed by atoms with E-state index in [1.54, 1.807) is 24.3 Å². The Morgan fingerprint density at radius 1 is 1.35 bits per heavy atom. The number of phosphoric ester groups is 1. The molecule has 2 unspecified atom stereocenters. The highest BCUT2D eigenvalue weighted by Crippen LogP contribution is 2.57. The van der Waals surface area contributed by atoms with Gasteiger partial charge in [0.25, 0.3) is 5.56 Å². The molecule has 4 rings (SSSR count). The zero-order chi connectivity index (χ0) is 26.8. The molecule has 0 spiro atoms. The first-order valence-electron chi connectivity index (χ1n) is 11.3. The zero-order valence-electron chi connectivity index (χ0n) is 19.8. The van der Waals surface area contributed by atoms with E-state index in [1.165, 1.54) is 6.92 Å². The first-order chi connectivity index (χ1) is 17.5. The SMILES string of the molecule is CCOC(=O)O[C@@H]1[C@@H](COP2(=O)OCCC(c3cccc(Cl)c3)O2)O[C@@H](n2ccc(=O)[nH]c2=O)[C@]1(C)F. The number of aromatic amines is 1. The lowest BCUT2D eigenvalue weighted by atomic mass is 9.98. The van der Waals surface area contributed by atoms with Crippen molar-refractivity contribution in [3.8, 4) is 0 Å². The zero-order valence-corrected chi connectivity index (χ0v) is 21.5. The van der Waals surface area contributed by atoms with Crippen molar-refractivity contribution >= 4 is 25.6 Å². The van der Waals surface area contributed by atoms with E-state index >= 15 is 4.39 Å². The van der Waals surface area contributed by atoms with Crippen LogP contribution in [0.4, 0.5) is 9.18 Å². The van der Waals surface area contributed by atoms with Gasteiger partial charge in [-0.25, -0.2) is 18.5 Å². The summed E-state index contributed by atoms with van der Waals surface area (Å²) >= 11 is 6.04. The number of hydrogen-bond donors (Lipinski definition) is 1. The Balaban J connectivity index is 1.55. The fraction of sp³-hybridized carbons (Fsp3) is 0.500. The van der Waals surface area contributed by atoms with Crippen LogP contribution in [0.25, 0.3) is 0 Å². The van der Waals surface area contributed by atoms with Crippen molar-refractivity contribution in [3.63, 3.8) is 0 Å². The number of benzene rings is 1. The first kappa shape index (κ1) is 27.5. The molecule has 2 fully saturated rings. The molecular formula is C22H25ClFN2O10P. The van der Waals surface area contributed by atoms with Crippen LogP contribution in [0.15, 0.2) is 46.1 Å². The fourth-order valence-electron chi connectivity index (χ4n) is 4.07. The Hall–Kier alpha value is -2.54. The van der Waals surface area contributed by atoms with E-state index in [0.29, 0.717) is 17.0 Å². The van der Waals surface area contributed by atoms with Crippen molar-refractivity contribution < 1.29 is 41.5 Å². The predicted molar refractivity (Wildman–Crippen MR) is 126 cm³/mol. The lowest BCUT2D eigenvalue weighted by Gasteiger charge is -2.30. The first-order valence-corrected chi connectivity index (χ1v) is 13.2. The summed E-state index contributed by atoms with van der Waals surface area (Å²) in [6.07, 6.45) is -5.08. The van der Waals surface area contributed by atoms with E-state index in [-0.39, 0.29) is 13.2 Å². The number of rotatable bonds is 7. The summed E-state index contributed by atoms with van der Waals surface area (Å²) in [4.78, 5) is 37.8. The number of phosphoric acid groups is 1. The smallest absolute Gasteiger partial charge is 0.435 e. The van der Waals surface area contributed by atoms with Crippen molar-refractivity contribution in [2.75, 3.05) is 19.8 Å². The summed E-state index contributed by atoms with van der Waals surface area (Å²) in [5.74, 6) is 0. The summed E-state index contributed by atoms with van der Waals surface area (Å²) in [5.41, 5.74) is -3.49. The molecule has 3 heterocycles. The van der Waals surface area contributed by atoms with Gasteiger partial charge < -0.3 is 14.2 Å². The Labute approximate surface area is 215 Å². The van der Waals surface area contributed by atoms with Gasteiger partial charge in [-0.1, -0.05) is 23.7 Å². The Kier molecular flexibility index (Phi) is 8.22. The quantitative estimate of drug-likeness (QED) is 0.392. The minimum Gasteiger partial charge on any atom is -0.435 e. The average Bonchev–Trinajstić information content (AvgIpc) is 3.07. The average molecular weight is 563 g/mol. The van der Waals surface area contributed by atoms with Crippen LogP contribution >= 0.6 is 19.4 Å². The molecule has 1 aromatic carbocycles. The van der Waals surface area contributed by atoms with Gasteiger partial charge >= 0.3 is 19.7 Å². The Bertz CT molecular complexity index is 1300. The van der Waals surface area contributed by atoms with Gasteiger partial charge in [0.15, 0.2) is 18.0 Å². The maximum atomic E-state index is 16.0. The normalized spacial score (nSPS) is 31.7. The molecule has 0 bridgehead atoms. The molecule has 0 saturated carbocycles. The van der Waals surface area contributed by atoms with Crippen LogP contribution in [0.1, 0.15) is 38.2 Å². The standard InChI is InChI=1S/C22H25ClFN2O10P/c1-3-31-21(29)35-18-16(34-19(22(18,2)24)26-9-7-17(27)25-20(26)28)12-33-37(30)32-10-8-15(36-37)13-5-4-6-14(23)11-13/h4-7,9,11,15-16,18-19H,3,8,10,12H2,1-2H3,(H,25,27,28)/t15?,16-,18-,19-,22-,37?/m1/s1. The van der Waals surface area contributed by atoms with Crippen LogP contribution in [-0.2, 0) is 32.3 Å². The number of carbonyl (C=O) groups excluding carboxylic acids is 1. The van der Waals surface area contributed by atoms with E-state index in [1.807, 2.05) is 4.98 Å². The summed E-state index contributed by atoms with van der Waals surface area (Å²) in [6.45, 7) is 1.98. The van der Waals surface area contributed by atoms with E-state index in [2.05, 4.69) is 0 Å². The topological polar surface area (TPSA) is 144 Å². The number of halogens is 2. The largest absolute Gasteiger partial charge is 0.508 e. The molecule has 1 N–H and O–H groups in total. The minimum absolute atomic E-state index is 0.0405. The highest BCUT2D eigenvalue weighted by Gasteiger charge is 2.59. The predicted octanol–water partition coefficient (Wildman–Crippen LogP) is 3.66. The van der Waals surface area contributed by atoms with E-state index in [9.17, 15) is 18.9 Å². The number of H-pyrrole nitrogens is 1. The van der Waals surface area contributed by atoms with Crippen LogP contribution < -0.4 is 11.2 Å². The molecule has 12 nitrogen and oxygen atoms in total. The number of hydrogen-bond acceptors (Lipinski definition) is 10. The molecule has 0 radical (unpaired) electrons. The fourth-order valence-corrected chi connectivity index (χ4v) is 5.67. The van der Waals surface area contributed by atoms with Crippen LogP contribution in [-0.4, -0.2) is 53.4 Å². The number of nitrogens with one attached hydrogen (secondary N) is 1. The highest BCUT2D eigenvalue weighted by atomic mass is 35.5. The molecule has 37 heavy (non-hydrogen) atoms. The van der Waals surface area contributed by atoms with Crippen LogP contribution in [0, 0.1) is 0 Å². The lowest BCUT2D eigenvalue weighted by Crippen LogP contribution is -2.46. The molecule has 0 amide bonds. The van der Waals surface area contributed by atoms with E-state index in [4.69, 9.17) is 39.4 Å². The molecule has 2 aliphatic heterocycles. The molecular weight excluding hydrogens is 538 g/mol. The summed E-state index contributed by atoms with van der Waals surface area (Å²) < 4.78 is 62.0. The summed E-state index contributed by atoms with van der Waals surface area (Å²) in [5, 5.41) is 0.465. The van der Waals surface area contributed by atoms with Crippen molar-refractivity contribution in [2.24, 2.45) is 0 Å². The molecule has 202 valence electrons. The van der Waals surface area contributed by atoms with Gasteiger partial charge in [0.2, 0.25) is 0 Å². The van der Waals surface area contributed by atoms with Crippen LogP contribution in [0.2, 0.25) is 5.02 Å². The maximum absolute atomic E-state index is 16.0. The molecule has 1 aromatic heterocycles. The second-order valence-corrected chi connectivity index (χ2v) is 10.5. The van der Waals surface area contributed by atoms with Crippen molar-refractivity contribution in [1.29, 1.82) is 0 Å². The number of nitrogens with zero attached hydrogens (tertiary/aromatic N) is 1. The van der Waals surface area contributed by atoms with E-state index in [0.717, 1.165) is 23.8 Å². The Morgan fingerprint density at radius 3 is 2.84 bits per heavy atom. The van der Waals surface area contributed by atoms with E-state index < -0.39 is 62.0 Å². The third-order valence-corrected chi connectivity index (χ3v) is 7.48. The molecule has 2 saturated heterocycles. The lowest BCUT2D eigenvalue weighted by molar-refractivity contribution is -0.0662. The number of aromatic nitrogens is 2. The second-order valence-electron chi connectivity index (χ2n) is 8.43. The van der Waals surface area contributed by atoms with Gasteiger partial charge in [-0.2, -0.15) is 0 Å². The number of carbonyl (C=O) groups is 1. The Morgan fingerprint density at radius 2 is 2.14 bits per heavy atom. The highest BCUT2D eigenvalue weighted by molar-refractivity contribution is 7.48. The van der Waals surface area contributed by atoms with Crippen LogP contribution in [0.5, 0.6) is 0 Å². The van der Waals surface area contributed by atoms with Crippen molar-refractivity contribution in [1.82, 2.24) is 9.55 Å². The van der Waals surface area contributed by atoms with Crippen LogP contribution in [0.3, 0.4) is 0 Å². The van der Waals surface area contributed by atoms with Gasteiger partial charge in [-0.3, -0.25) is 27.9 Å². The summed E-state index contributed by atoms with van der Waals surface area (Å²) in [7, 11) is -4.16. The molecule has 2 aliphatic rings. The van der Waals surface area contributed by atoms with Gasteiger partial charge in [0.1, 0.15) is 6.10 Å². The second kappa shape index (κ2) is 11.1.